The second-order valence-electron chi connectivity index (χ2n) is 6.94. The Balaban J connectivity index is 1.51. The first-order chi connectivity index (χ1) is 13.4. The van der Waals surface area contributed by atoms with Crippen molar-refractivity contribution in [3.63, 3.8) is 0 Å². The number of hydrogen-bond donors (Lipinski definition) is 0. The average molecular weight is 383 g/mol. The van der Waals surface area contributed by atoms with Gasteiger partial charge in [0.15, 0.2) is 0 Å². The first-order valence-electron chi connectivity index (χ1n) is 9.10. The minimum atomic E-state index is -2.66. The lowest BCUT2D eigenvalue weighted by Crippen LogP contribution is -2.42. The first kappa shape index (κ1) is 18.3. The van der Waals surface area contributed by atoms with E-state index in [4.69, 9.17) is 4.52 Å². The van der Waals surface area contributed by atoms with Crippen LogP contribution in [0.3, 0.4) is 0 Å². The van der Waals surface area contributed by atoms with Crippen molar-refractivity contribution >= 4 is 5.91 Å². The van der Waals surface area contributed by atoms with Crippen LogP contribution >= 0.6 is 0 Å². The number of hydrogen-bond acceptors (Lipinski definition) is 4. The molecule has 1 aliphatic heterocycles. The van der Waals surface area contributed by atoms with Gasteiger partial charge in [-0.25, -0.2) is 8.78 Å². The lowest BCUT2D eigenvalue weighted by atomic mass is 10.0. The van der Waals surface area contributed by atoms with Crippen LogP contribution in [0.2, 0.25) is 0 Å². The number of carbonyl (C=O) groups excluding carboxylic acids is 1. The molecule has 1 aromatic heterocycles. The molecule has 0 spiro atoms. The van der Waals surface area contributed by atoms with Crippen molar-refractivity contribution in [2.24, 2.45) is 0 Å². The Morgan fingerprint density at radius 1 is 1.04 bits per heavy atom. The predicted molar refractivity (Wildman–Crippen MR) is 100.0 cm³/mol. The zero-order valence-electron chi connectivity index (χ0n) is 15.4. The maximum Gasteiger partial charge on any atom is 0.253 e. The van der Waals surface area contributed by atoms with Crippen molar-refractivity contribution in [3.05, 3.63) is 60.0 Å². The molecule has 1 saturated heterocycles. The van der Waals surface area contributed by atoms with Crippen molar-refractivity contribution in [3.8, 4) is 22.5 Å². The number of aromatic nitrogens is 2. The second-order valence-corrected chi connectivity index (χ2v) is 6.94. The predicted octanol–water partition coefficient (Wildman–Crippen LogP) is 4.58. The molecule has 0 atom stereocenters. The molecule has 0 N–H and O–H groups in total. The standard InChI is InChI=1S/C21H19F2N3O2/c1-14-24-19(25-28-14)18-4-2-3-17(13-18)15-5-7-16(8-6-15)20(27)26-11-9-21(22,23)10-12-26/h2-8,13H,9-12H2,1H3. The highest BCUT2D eigenvalue weighted by molar-refractivity contribution is 5.94. The van der Waals surface area contributed by atoms with Gasteiger partial charge in [-0.1, -0.05) is 35.5 Å². The number of halogens is 2. The number of rotatable bonds is 3. The SMILES string of the molecule is Cc1nc(-c2cccc(-c3ccc(C(=O)N4CCC(F)(F)CC4)cc3)c2)no1. The van der Waals surface area contributed by atoms with E-state index in [0.29, 0.717) is 17.3 Å². The Kier molecular flexibility index (Phi) is 4.66. The molecule has 0 unspecified atom stereocenters. The lowest BCUT2D eigenvalue weighted by molar-refractivity contribution is -0.0494. The number of benzene rings is 2. The summed E-state index contributed by atoms with van der Waals surface area (Å²) >= 11 is 0. The molecule has 0 saturated carbocycles. The Morgan fingerprint density at radius 3 is 2.36 bits per heavy atom. The van der Waals surface area contributed by atoms with Crippen molar-refractivity contribution in [2.75, 3.05) is 13.1 Å². The molecule has 1 amide bonds. The fourth-order valence-corrected chi connectivity index (χ4v) is 3.28. The van der Waals surface area contributed by atoms with Crippen LogP contribution in [-0.2, 0) is 0 Å². The van der Waals surface area contributed by atoms with Gasteiger partial charge in [0.25, 0.3) is 11.8 Å². The third-order valence-electron chi connectivity index (χ3n) is 4.90. The van der Waals surface area contributed by atoms with Crippen LogP contribution in [0.25, 0.3) is 22.5 Å². The van der Waals surface area contributed by atoms with Crippen molar-refractivity contribution in [2.45, 2.75) is 25.7 Å². The van der Waals surface area contributed by atoms with E-state index in [1.165, 1.54) is 4.90 Å². The molecule has 144 valence electrons. The number of nitrogens with zero attached hydrogens (tertiary/aromatic N) is 3. The van der Waals surface area contributed by atoms with Gasteiger partial charge in [-0.05, 0) is 29.3 Å². The molecule has 2 aromatic carbocycles. The normalized spacial score (nSPS) is 16.2. The van der Waals surface area contributed by atoms with Gasteiger partial charge in [0.2, 0.25) is 11.7 Å². The fraction of sp³-hybridized carbons (Fsp3) is 0.286. The van der Waals surface area contributed by atoms with Crippen molar-refractivity contribution < 1.29 is 18.1 Å². The molecule has 0 aliphatic carbocycles. The summed E-state index contributed by atoms with van der Waals surface area (Å²) in [4.78, 5) is 18.3. The number of amides is 1. The van der Waals surface area contributed by atoms with Crippen molar-refractivity contribution in [1.29, 1.82) is 0 Å². The highest BCUT2D eigenvalue weighted by Gasteiger charge is 2.35. The largest absolute Gasteiger partial charge is 0.339 e. The van der Waals surface area contributed by atoms with Crippen LogP contribution in [0, 0.1) is 6.92 Å². The van der Waals surface area contributed by atoms with E-state index in [0.717, 1.165) is 16.7 Å². The molecular formula is C21H19F2N3O2. The second kappa shape index (κ2) is 7.14. The lowest BCUT2D eigenvalue weighted by Gasteiger charge is -2.31. The summed E-state index contributed by atoms with van der Waals surface area (Å²) in [6.07, 6.45) is -0.557. The summed E-state index contributed by atoms with van der Waals surface area (Å²) in [6.45, 7) is 1.90. The highest BCUT2D eigenvalue weighted by Crippen LogP contribution is 2.29. The van der Waals surface area contributed by atoms with E-state index in [1.54, 1.807) is 19.1 Å². The highest BCUT2D eigenvalue weighted by atomic mass is 19.3. The molecule has 7 heteroatoms. The summed E-state index contributed by atoms with van der Waals surface area (Å²) in [5.74, 6) is -1.85. The summed E-state index contributed by atoms with van der Waals surface area (Å²) in [5.41, 5.74) is 3.23. The molecule has 1 aliphatic rings. The van der Waals surface area contributed by atoms with Crippen LogP contribution in [0.15, 0.2) is 53.1 Å². The molecule has 2 heterocycles. The number of piperidine rings is 1. The van der Waals surface area contributed by atoms with Gasteiger partial charge in [-0.2, -0.15) is 4.98 Å². The zero-order valence-corrected chi connectivity index (χ0v) is 15.4. The van der Waals surface area contributed by atoms with Crippen LogP contribution in [0.4, 0.5) is 8.78 Å². The number of likely N-dealkylation sites (tertiary alicyclic amines) is 1. The fourth-order valence-electron chi connectivity index (χ4n) is 3.28. The van der Waals surface area contributed by atoms with Crippen LogP contribution in [0.5, 0.6) is 0 Å². The minimum absolute atomic E-state index is 0.0831. The van der Waals surface area contributed by atoms with Crippen LogP contribution < -0.4 is 0 Å². The van der Waals surface area contributed by atoms with Gasteiger partial charge in [-0.3, -0.25) is 4.79 Å². The summed E-state index contributed by atoms with van der Waals surface area (Å²) in [5, 5.41) is 3.93. The zero-order chi connectivity index (χ0) is 19.7. The van der Waals surface area contributed by atoms with Crippen LogP contribution in [-0.4, -0.2) is 40.0 Å². The molecule has 28 heavy (non-hydrogen) atoms. The van der Waals surface area contributed by atoms with E-state index in [9.17, 15) is 13.6 Å². The van der Waals surface area contributed by atoms with E-state index >= 15 is 0 Å². The van der Waals surface area contributed by atoms with Gasteiger partial charge >= 0.3 is 0 Å². The molecular weight excluding hydrogens is 364 g/mol. The molecule has 0 bridgehead atoms. The van der Waals surface area contributed by atoms with Gasteiger partial charge < -0.3 is 9.42 Å². The molecule has 4 rings (SSSR count). The van der Waals surface area contributed by atoms with Gasteiger partial charge in [0, 0.05) is 44.0 Å². The van der Waals surface area contributed by atoms with Crippen molar-refractivity contribution in [1.82, 2.24) is 15.0 Å². The van der Waals surface area contributed by atoms with E-state index in [1.807, 2.05) is 36.4 Å². The molecule has 5 nitrogen and oxygen atoms in total. The Morgan fingerprint density at radius 2 is 1.71 bits per heavy atom. The molecule has 0 radical (unpaired) electrons. The Bertz CT molecular complexity index is 989. The monoisotopic (exact) mass is 383 g/mol. The number of aryl methyl sites for hydroxylation is 1. The van der Waals surface area contributed by atoms with E-state index in [-0.39, 0.29) is 31.8 Å². The third kappa shape index (κ3) is 3.78. The summed E-state index contributed by atoms with van der Waals surface area (Å²) < 4.78 is 31.6. The first-order valence-corrected chi connectivity index (χ1v) is 9.10. The summed E-state index contributed by atoms with van der Waals surface area (Å²) in [7, 11) is 0. The third-order valence-corrected chi connectivity index (χ3v) is 4.90. The number of alkyl halides is 2. The topological polar surface area (TPSA) is 59.2 Å². The van der Waals surface area contributed by atoms with Gasteiger partial charge in [0.1, 0.15) is 0 Å². The quantitative estimate of drug-likeness (QED) is 0.664. The average Bonchev–Trinajstić information content (AvgIpc) is 3.14. The minimum Gasteiger partial charge on any atom is -0.339 e. The van der Waals surface area contributed by atoms with E-state index in [2.05, 4.69) is 10.1 Å². The Labute approximate surface area is 161 Å². The van der Waals surface area contributed by atoms with E-state index < -0.39 is 5.92 Å². The molecule has 1 fully saturated rings. The maximum absolute atomic E-state index is 13.3. The number of carbonyl (C=O) groups is 1. The van der Waals surface area contributed by atoms with Crippen LogP contribution in [0.1, 0.15) is 29.1 Å². The summed E-state index contributed by atoms with van der Waals surface area (Å²) in [6, 6.07) is 14.9. The Hall–Kier alpha value is -3.09. The van der Waals surface area contributed by atoms with Gasteiger partial charge in [0.05, 0.1) is 0 Å². The van der Waals surface area contributed by atoms with Gasteiger partial charge in [-0.15, -0.1) is 0 Å². The molecule has 3 aromatic rings. The smallest absolute Gasteiger partial charge is 0.253 e. The maximum atomic E-state index is 13.3.